The molecule has 0 radical (unpaired) electrons. The van der Waals surface area contributed by atoms with Gasteiger partial charge in [0.25, 0.3) is 0 Å². The molecule has 136 valence electrons. The SMILES string of the molecule is CC(C)(C)c1nc2c(CO)cccn2c1N=Nc1cccc2cccnc12. The number of azo groups is 1. The van der Waals surface area contributed by atoms with Crippen LogP contribution in [0.3, 0.4) is 0 Å². The number of pyridine rings is 2. The van der Waals surface area contributed by atoms with Crippen molar-refractivity contribution in [2.24, 2.45) is 10.2 Å². The smallest absolute Gasteiger partial charge is 0.183 e. The van der Waals surface area contributed by atoms with Gasteiger partial charge in [0, 0.05) is 28.8 Å². The van der Waals surface area contributed by atoms with Crippen LogP contribution in [0, 0.1) is 0 Å². The molecule has 1 N–H and O–H groups in total. The number of imidazole rings is 1. The Morgan fingerprint density at radius 3 is 2.63 bits per heavy atom. The van der Waals surface area contributed by atoms with E-state index < -0.39 is 0 Å². The van der Waals surface area contributed by atoms with Crippen LogP contribution in [0.4, 0.5) is 11.5 Å². The van der Waals surface area contributed by atoms with Crippen LogP contribution >= 0.6 is 0 Å². The molecule has 27 heavy (non-hydrogen) atoms. The summed E-state index contributed by atoms with van der Waals surface area (Å²) in [4.78, 5) is 9.20. The van der Waals surface area contributed by atoms with Crippen LogP contribution in [0.5, 0.6) is 0 Å². The summed E-state index contributed by atoms with van der Waals surface area (Å²) in [6.45, 7) is 6.19. The van der Waals surface area contributed by atoms with Gasteiger partial charge in [0.15, 0.2) is 5.82 Å². The zero-order chi connectivity index (χ0) is 19.0. The van der Waals surface area contributed by atoms with E-state index in [4.69, 9.17) is 4.98 Å². The van der Waals surface area contributed by atoms with Gasteiger partial charge < -0.3 is 5.11 Å². The Hall–Kier alpha value is -3.12. The predicted molar refractivity (Wildman–Crippen MR) is 106 cm³/mol. The lowest BCUT2D eigenvalue weighted by Gasteiger charge is -2.15. The number of aromatic nitrogens is 3. The zero-order valence-corrected chi connectivity index (χ0v) is 15.6. The van der Waals surface area contributed by atoms with Crippen molar-refractivity contribution < 1.29 is 5.11 Å². The van der Waals surface area contributed by atoms with E-state index in [0.29, 0.717) is 17.2 Å². The Balaban J connectivity index is 1.91. The molecule has 4 aromatic rings. The molecule has 0 unspecified atom stereocenters. The van der Waals surface area contributed by atoms with Crippen LogP contribution in [0.2, 0.25) is 0 Å². The second-order valence-electron chi connectivity index (χ2n) is 7.47. The van der Waals surface area contributed by atoms with E-state index in [1.165, 1.54) is 0 Å². The van der Waals surface area contributed by atoms with Crippen molar-refractivity contribution in [2.75, 3.05) is 0 Å². The second kappa shape index (κ2) is 6.55. The molecule has 3 aromatic heterocycles. The molecule has 0 saturated carbocycles. The number of aliphatic hydroxyl groups excluding tert-OH is 1. The van der Waals surface area contributed by atoms with Crippen molar-refractivity contribution in [3.8, 4) is 0 Å². The molecular formula is C21H21N5O. The number of hydrogen-bond acceptors (Lipinski definition) is 5. The van der Waals surface area contributed by atoms with Crippen LogP contribution in [0.25, 0.3) is 16.6 Å². The van der Waals surface area contributed by atoms with Crippen molar-refractivity contribution in [3.63, 3.8) is 0 Å². The lowest BCUT2D eigenvalue weighted by Crippen LogP contribution is -2.11. The van der Waals surface area contributed by atoms with Gasteiger partial charge >= 0.3 is 0 Å². The van der Waals surface area contributed by atoms with Crippen molar-refractivity contribution in [1.29, 1.82) is 0 Å². The first-order valence-corrected chi connectivity index (χ1v) is 8.86. The standard InChI is InChI=1S/C21H21N5O/c1-21(2,3)18-20(26-12-6-9-15(13-27)19(26)23-18)25-24-16-10-4-7-14-8-5-11-22-17(14)16/h4-12,27H,13H2,1-3H3. The monoisotopic (exact) mass is 359 g/mol. The summed E-state index contributed by atoms with van der Waals surface area (Å²) in [5.41, 5.74) is 3.60. The summed E-state index contributed by atoms with van der Waals surface area (Å²) in [6, 6.07) is 13.5. The molecule has 1 aromatic carbocycles. The second-order valence-corrected chi connectivity index (χ2v) is 7.47. The summed E-state index contributed by atoms with van der Waals surface area (Å²) in [5, 5.41) is 19.7. The zero-order valence-electron chi connectivity index (χ0n) is 15.6. The molecule has 0 atom stereocenters. The maximum absolute atomic E-state index is 9.65. The van der Waals surface area contributed by atoms with Crippen molar-refractivity contribution in [2.45, 2.75) is 32.8 Å². The van der Waals surface area contributed by atoms with E-state index in [2.05, 4.69) is 36.0 Å². The Kier molecular flexibility index (Phi) is 4.20. The van der Waals surface area contributed by atoms with Crippen LogP contribution in [-0.4, -0.2) is 19.5 Å². The molecule has 4 rings (SSSR count). The van der Waals surface area contributed by atoms with Gasteiger partial charge in [-0.15, -0.1) is 10.2 Å². The lowest BCUT2D eigenvalue weighted by atomic mass is 9.92. The minimum Gasteiger partial charge on any atom is -0.392 e. The molecule has 3 heterocycles. The van der Waals surface area contributed by atoms with Gasteiger partial charge in [0.05, 0.1) is 17.8 Å². The van der Waals surface area contributed by atoms with E-state index >= 15 is 0 Å². The predicted octanol–water partition coefficient (Wildman–Crippen LogP) is 5.09. The summed E-state index contributed by atoms with van der Waals surface area (Å²) < 4.78 is 1.88. The maximum atomic E-state index is 9.65. The maximum Gasteiger partial charge on any atom is 0.183 e. The number of aliphatic hydroxyl groups is 1. The van der Waals surface area contributed by atoms with Gasteiger partial charge in [-0.05, 0) is 18.2 Å². The van der Waals surface area contributed by atoms with E-state index in [0.717, 1.165) is 22.2 Å². The average Bonchev–Trinajstić information content (AvgIpc) is 3.05. The molecule has 0 aliphatic heterocycles. The molecule has 6 nitrogen and oxygen atoms in total. The first-order chi connectivity index (χ1) is 13.0. The van der Waals surface area contributed by atoms with Gasteiger partial charge in [-0.25, -0.2) is 4.98 Å². The average molecular weight is 359 g/mol. The highest BCUT2D eigenvalue weighted by Crippen LogP contribution is 2.34. The van der Waals surface area contributed by atoms with Gasteiger partial charge in [0.1, 0.15) is 11.3 Å². The van der Waals surface area contributed by atoms with Crippen LogP contribution in [-0.2, 0) is 12.0 Å². The highest BCUT2D eigenvalue weighted by Gasteiger charge is 2.25. The number of fused-ring (bicyclic) bond motifs is 2. The largest absolute Gasteiger partial charge is 0.392 e. The van der Waals surface area contributed by atoms with Gasteiger partial charge in [-0.2, -0.15) is 0 Å². The fraction of sp³-hybridized carbons (Fsp3) is 0.238. The quantitative estimate of drug-likeness (QED) is 0.518. The lowest BCUT2D eigenvalue weighted by molar-refractivity contribution is 0.282. The molecule has 0 spiro atoms. The minimum absolute atomic E-state index is 0.0746. The highest BCUT2D eigenvalue weighted by molar-refractivity contribution is 5.88. The Morgan fingerprint density at radius 1 is 1.04 bits per heavy atom. The molecule has 0 aliphatic carbocycles. The van der Waals surface area contributed by atoms with E-state index in [1.54, 1.807) is 6.20 Å². The van der Waals surface area contributed by atoms with Crippen LogP contribution < -0.4 is 0 Å². The van der Waals surface area contributed by atoms with Crippen molar-refractivity contribution in [1.82, 2.24) is 14.4 Å². The van der Waals surface area contributed by atoms with Crippen LogP contribution in [0.15, 0.2) is 65.1 Å². The Morgan fingerprint density at radius 2 is 1.85 bits per heavy atom. The van der Waals surface area contributed by atoms with E-state index in [9.17, 15) is 5.11 Å². The van der Waals surface area contributed by atoms with Crippen molar-refractivity contribution >= 4 is 28.1 Å². The van der Waals surface area contributed by atoms with E-state index in [1.807, 2.05) is 53.1 Å². The van der Waals surface area contributed by atoms with Gasteiger partial charge in [0.2, 0.25) is 0 Å². The third kappa shape index (κ3) is 3.08. The minimum atomic E-state index is -0.218. The topological polar surface area (TPSA) is 75.1 Å². The Labute approximate surface area is 157 Å². The molecule has 6 heteroatoms. The molecule has 0 aliphatic rings. The fourth-order valence-corrected chi connectivity index (χ4v) is 3.10. The highest BCUT2D eigenvalue weighted by atomic mass is 16.3. The van der Waals surface area contributed by atoms with Crippen molar-refractivity contribution in [3.05, 3.63) is 66.1 Å². The number of hydrogen-bond donors (Lipinski definition) is 1. The summed E-state index contributed by atoms with van der Waals surface area (Å²) in [7, 11) is 0. The molecule has 0 fully saturated rings. The molecule has 0 saturated heterocycles. The third-order valence-corrected chi connectivity index (χ3v) is 4.45. The molecule has 0 amide bonds. The van der Waals surface area contributed by atoms with E-state index in [-0.39, 0.29) is 12.0 Å². The molecule has 0 bridgehead atoms. The fourth-order valence-electron chi connectivity index (χ4n) is 3.10. The molecular weight excluding hydrogens is 338 g/mol. The normalized spacial score (nSPS) is 12.4. The van der Waals surface area contributed by atoms with Crippen LogP contribution in [0.1, 0.15) is 32.0 Å². The first-order valence-electron chi connectivity index (χ1n) is 8.86. The number of nitrogens with zero attached hydrogens (tertiary/aromatic N) is 5. The number of benzene rings is 1. The third-order valence-electron chi connectivity index (χ3n) is 4.45. The summed E-state index contributed by atoms with van der Waals surface area (Å²) >= 11 is 0. The van der Waals surface area contributed by atoms with Gasteiger partial charge in [-0.1, -0.05) is 45.0 Å². The first kappa shape index (κ1) is 17.3. The number of rotatable bonds is 3. The summed E-state index contributed by atoms with van der Waals surface area (Å²) in [5.74, 6) is 0.667. The van der Waals surface area contributed by atoms with Gasteiger partial charge in [-0.3, -0.25) is 9.38 Å². The summed E-state index contributed by atoms with van der Waals surface area (Å²) in [6.07, 6.45) is 3.65. The Bertz CT molecular complexity index is 1150. The number of para-hydroxylation sites is 1.